The van der Waals surface area contributed by atoms with Crippen molar-refractivity contribution in [1.29, 1.82) is 5.26 Å². The third kappa shape index (κ3) is 2.77. The number of carbonyl (C=O) groups is 1. The zero-order valence-electron chi connectivity index (χ0n) is 8.73. The lowest BCUT2D eigenvalue weighted by molar-refractivity contribution is -0.138. The summed E-state index contributed by atoms with van der Waals surface area (Å²) in [4.78, 5) is 11.3. The van der Waals surface area contributed by atoms with Crippen molar-refractivity contribution >= 4 is 17.4 Å². The predicted octanol–water partition coefficient (Wildman–Crippen LogP) is 3.31. The van der Waals surface area contributed by atoms with E-state index < -0.39 is 23.4 Å². The maximum absolute atomic E-state index is 12.7. The Bertz CT molecular complexity index is 503. The molecule has 0 unspecified atom stereocenters. The second-order valence-electron chi connectivity index (χ2n) is 3.36. The third-order valence-corrected chi connectivity index (χ3v) is 2.52. The SMILES string of the molecule is Cc1c(C#N)cc(C(=O)CCl)cc1C(F)(F)F. The molecule has 0 aliphatic heterocycles. The Morgan fingerprint density at radius 1 is 1.47 bits per heavy atom. The van der Waals surface area contributed by atoms with Crippen LogP contribution in [0.25, 0.3) is 0 Å². The summed E-state index contributed by atoms with van der Waals surface area (Å²) in [6.07, 6.45) is -4.60. The van der Waals surface area contributed by atoms with Crippen molar-refractivity contribution in [3.63, 3.8) is 0 Å². The van der Waals surface area contributed by atoms with Crippen molar-refractivity contribution < 1.29 is 18.0 Å². The summed E-state index contributed by atoms with van der Waals surface area (Å²) in [5.41, 5.74) is -1.54. The number of hydrogen-bond donors (Lipinski definition) is 0. The molecule has 0 atom stereocenters. The van der Waals surface area contributed by atoms with E-state index in [4.69, 9.17) is 16.9 Å². The van der Waals surface area contributed by atoms with Crippen LogP contribution in [0.2, 0.25) is 0 Å². The number of hydrogen-bond acceptors (Lipinski definition) is 2. The second kappa shape index (κ2) is 4.76. The lowest BCUT2D eigenvalue weighted by atomic mass is 9.97. The first-order chi connectivity index (χ1) is 7.81. The van der Waals surface area contributed by atoms with Crippen molar-refractivity contribution in [3.05, 3.63) is 34.4 Å². The normalized spacial score (nSPS) is 11.1. The van der Waals surface area contributed by atoms with Crippen molar-refractivity contribution in [2.24, 2.45) is 0 Å². The van der Waals surface area contributed by atoms with Crippen molar-refractivity contribution in [3.8, 4) is 6.07 Å². The molecule has 0 aliphatic carbocycles. The van der Waals surface area contributed by atoms with Crippen molar-refractivity contribution in [1.82, 2.24) is 0 Å². The lowest BCUT2D eigenvalue weighted by Gasteiger charge is -2.12. The van der Waals surface area contributed by atoms with Gasteiger partial charge in [0.25, 0.3) is 0 Å². The highest BCUT2D eigenvalue weighted by Gasteiger charge is 2.34. The van der Waals surface area contributed by atoms with Gasteiger partial charge in [0.1, 0.15) is 0 Å². The average molecular weight is 262 g/mol. The first kappa shape index (κ1) is 13.5. The number of rotatable bonds is 2. The highest BCUT2D eigenvalue weighted by molar-refractivity contribution is 6.30. The lowest BCUT2D eigenvalue weighted by Crippen LogP contribution is -2.12. The monoisotopic (exact) mass is 261 g/mol. The van der Waals surface area contributed by atoms with Gasteiger partial charge in [0, 0.05) is 5.56 Å². The smallest absolute Gasteiger partial charge is 0.293 e. The molecular weight excluding hydrogens is 255 g/mol. The zero-order valence-corrected chi connectivity index (χ0v) is 9.49. The minimum absolute atomic E-state index is 0.173. The number of alkyl halides is 4. The Hall–Kier alpha value is -1.54. The van der Waals surface area contributed by atoms with Gasteiger partial charge in [0.2, 0.25) is 0 Å². The summed E-state index contributed by atoms with van der Waals surface area (Å²) in [5.74, 6) is -1.07. The summed E-state index contributed by atoms with van der Waals surface area (Å²) >= 11 is 5.27. The molecule has 0 amide bonds. The maximum atomic E-state index is 12.7. The Morgan fingerprint density at radius 3 is 2.47 bits per heavy atom. The first-order valence-electron chi connectivity index (χ1n) is 4.52. The van der Waals surface area contributed by atoms with Gasteiger partial charge < -0.3 is 0 Å². The number of ketones is 1. The highest BCUT2D eigenvalue weighted by Crippen LogP contribution is 2.34. The van der Waals surface area contributed by atoms with Gasteiger partial charge in [-0.05, 0) is 24.6 Å². The number of halogens is 4. The van der Waals surface area contributed by atoms with Gasteiger partial charge in [-0.1, -0.05) is 0 Å². The minimum Gasteiger partial charge on any atom is -0.293 e. The molecular formula is C11H7ClF3NO. The number of nitrogens with zero attached hydrogens (tertiary/aromatic N) is 1. The molecule has 0 aromatic heterocycles. The van der Waals surface area contributed by atoms with Crippen LogP contribution in [0.15, 0.2) is 12.1 Å². The minimum atomic E-state index is -4.60. The van der Waals surface area contributed by atoms with Crippen LogP contribution >= 0.6 is 11.6 Å². The zero-order chi connectivity index (χ0) is 13.2. The quantitative estimate of drug-likeness (QED) is 0.605. The molecule has 1 aromatic rings. The third-order valence-electron chi connectivity index (χ3n) is 2.28. The first-order valence-corrected chi connectivity index (χ1v) is 5.05. The van der Waals surface area contributed by atoms with Crippen molar-refractivity contribution in [2.75, 3.05) is 5.88 Å². The summed E-state index contributed by atoms with van der Waals surface area (Å²) in [7, 11) is 0. The van der Waals surface area contributed by atoms with Gasteiger partial charge in [-0.2, -0.15) is 18.4 Å². The predicted molar refractivity (Wildman–Crippen MR) is 55.9 cm³/mol. The number of nitriles is 1. The van der Waals surface area contributed by atoms with E-state index in [1.807, 2.05) is 0 Å². The van der Waals surface area contributed by atoms with Crippen LogP contribution in [0.3, 0.4) is 0 Å². The van der Waals surface area contributed by atoms with Crippen LogP contribution in [-0.4, -0.2) is 11.7 Å². The molecule has 0 N–H and O–H groups in total. The van der Waals surface area contributed by atoms with E-state index in [1.165, 1.54) is 6.92 Å². The van der Waals surface area contributed by atoms with E-state index in [0.29, 0.717) is 0 Å². The fourth-order valence-electron chi connectivity index (χ4n) is 1.36. The molecule has 0 fully saturated rings. The Balaban J connectivity index is 3.51. The van der Waals surface area contributed by atoms with Gasteiger partial charge in [0.05, 0.1) is 23.1 Å². The Morgan fingerprint density at radius 2 is 2.06 bits per heavy atom. The Labute approximate surface area is 101 Å². The molecule has 1 aromatic carbocycles. The average Bonchev–Trinajstić information content (AvgIpc) is 2.26. The van der Waals surface area contributed by atoms with E-state index in [2.05, 4.69) is 0 Å². The van der Waals surface area contributed by atoms with Crippen molar-refractivity contribution in [2.45, 2.75) is 13.1 Å². The van der Waals surface area contributed by atoms with Gasteiger partial charge in [-0.3, -0.25) is 4.79 Å². The molecule has 0 heterocycles. The second-order valence-corrected chi connectivity index (χ2v) is 3.63. The van der Waals surface area contributed by atoms with E-state index in [-0.39, 0.29) is 16.7 Å². The van der Waals surface area contributed by atoms with Crippen LogP contribution in [0, 0.1) is 18.3 Å². The van der Waals surface area contributed by atoms with Gasteiger partial charge in [0.15, 0.2) is 5.78 Å². The van der Waals surface area contributed by atoms with Gasteiger partial charge in [-0.15, -0.1) is 11.6 Å². The molecule has 90 valence electrons. The fourth-order valence-corrected chi connectivity index (χ4v) is 1.52. The van der Waals surface area contributed by atoms with E-state index >= 15 is 0 Å². The van der Waals surface area contributed by atoms with Crippen LogP contribution in [-0.2, 0) is 6.18 Å². The largest absolute Gasteiger partial charge is 0.416 e. The van der Waals surface area contributed by atoms with Gasteiger partial charge >= 0.3 is 6.18 Å². The van der Waals surface area contributed by atoms with E-state index in [9.17, 15) is 18.0 Å². The molecule has 1 rings (SSSR count). The highest BCUT2D eigenvalue weighted by atomic mass is 35.5. The number of benzene rings is 1. The molecule has 0 saturated heterocycles. The molecule has 2 nitrogen and oxygen atoms in total. The van der Waals surface area contributed by atoms with Crippen LogP contribution < -0.4 is 0 Å². The standard InChI is InChI=1S/C11H7ClF3NO/c1-6-8(5-16)2-7(10(17)4-12)3-9(6)11(13,14)15/h2-3H,4H2,1H3. The van der Waals surface area contributed by atoms with Crippen LogP contribution in [0.4, 0.5) is 13.2 Å². The van der Waals surface area contributed by atoms with Gasteiger partial charge in [-0.25, -0.2) is 0 Å². The van der Waals surface area contributed by atoms with E-state index in [1.54, 1.807) is 6.07 Å². The topological polar surface area (TPSA) is 40.9 Å². The number of Topliss-reactive ketones (excluding diaryl/α,β-unsaturated/α-hetero) is 1. The molecule has 0 bridgehead atoms. The van der Waals surface area contributed by atoms with E-state index in [0.717, 1.165) is 12.1 Å². The van der Waals surface area contributed by atoms with Crippen LogP contribution in [0.1, 0.15) is 27.0 Å². The maximum Gasteiger partial charge on any atom is 0.416 e. The Kier molecular flexibility index (Phi) is 3.79. The summed E-state index contributed by atoms with van der Waals surface area (Å²) in [6, 6.07) is 3.48. The molecule has 0 aliphatic rings. The molecule has 17 heavy (non-hydrogen) atoms. The summed E-state index contributed by atoms with van der Waals surface area (Å²) in [6.45, 7) is 1.19. The molecule has 0 spiro atoms. The molecule has 0 radical (unpaired) electrons. The molecule has 6 heteroatoms. The fraction of sp³-hybridized carbons (Fsp3) is 0.273. The summed E-state index contributed by atoms with van der Waals surface area (Å²) < 4.78 is 38.0. The summed E-state index contributed by atoms with van der Waals surface area (Å²) in [5, 5.41) is 8.73. The van der Waals surface area contributed by atoms with Crippen LogP contribution in [0.5, 0.6) is 0 Å². The number of carbonyl (C=O) groups excluding carboxylic acids is 1. The molecule has 0 saturated carbocycles.